The Labute approximate surface area is 176 Å². The number of para-hydroxylation sites is 1. The van der Waals surface area contributed by atoms with E-state index >= 15 is 0 Å². The summed E-state index contributed by atoms with van der Waals surface area (Å²) >= 11 is 1.02. The van der Waals surface area contributed by atoms with Gasteiger partial charge >= 0.3 is 177 Å². The number of carbonyl (C=O) groups excluding carboxylic acids is 1. The first-order valence-electron chi connectivity index (χ1n) is 9.32. The second-order valence-electron chi connectivity index (χ2n) is 7.42. The van der Waals surface area contributed by atoms with Gasteiger partial charge in [0.05, 0.1) is 0 Å². The number of benzene rings is 1. The molecular formula is C19H29FNO5PW. The van der Waals surface area contributed by atoms with Crippen LogP contribution in [0.1, 0.15) is 41.0 Å². The van der Waals surface area contributed by atoms with E-state index in [1.54, 1.807) is 34.6 Å². The van der Waals surface area contributed by atoms with Crippen LogP contribution in [0.3, 0.4) is 0 Å². The summed E-state index contributed by atoms with van der Waals surface area (Å²) in [5.74, 6) is 0.266. The molecule has 0 aromatic heterocycles. The fraction of sp³-hybridized carbons (Fsp3) is 0.632. The molecule has 0 radical (unpaired) electrons. The molecule has 1 saturated heterocycles. The molecule has 6 nitrogen and oxygen atoms in total. The van der Waals surface area contributed by atoms with Gasteiger partial charge < -0.3 is 0 Å². The number of esters is 1. The summed E-state index contributed by atoms with van der Waals surface area (Å²) in [4.78, 5) is 12.2. The van der Waals surface area contributed by atoms with Crippen LogP contribution in [0.4, 0.5) is 4.39 Å². The number of hydrogen-bond acceptors (Lipinski definition) is 6. The molecule has 1 aromatic carbocycles. The second kappa shape index (κ2) is 9.95. The van der Waals surface area contributed by atoms with Crippen molar-refractivity contribution in [2.75, 3.05) is 6.61 Å². The van der Waals surface area contributed by atoms with E-state index in [1.165, 1.54) is 0 Å². The zero-order chi connectivity index (χ0) is 20.9. The average Bonchev–Trinajstić information content (AvgIpc) is 2.86. The van der Waals surface area contributed by atoms with Crippen molar-refractivity contribution in [2.45, 2.75) is 71.1 Å². The fourth-order valence-corrected chi connectivity index (χ4v) is 7.51. The van der Waals surface area contributed by atoms with E-state index in [4.69, 9.17) is 18.5 Å². The Morgan fingerprint density at radius 2 is 2.04 bits per heavy atom. The molecule has 1 heterocycles. The molecule has 0 spiro atoms. The van der Waals surface area contributed by atoms with Crippen LogP contribution in [-0.4, -0.2) is 42.6 Å². The molecule has 1 aliphatic heterocycles. The molecule has 1 fully saturated rings. The summed E-state index contributed by atoms with van der Waals surface area (Å²) in [7, 11) is 0. The van der Waals surface area contributed by atoms with E-state index in [-0.39, 0.29) is 31.2 Å². The molecule has 0 amide bonds. The van der Waals surface area contributed by atoms with Gasteiger partial charge in [0.2, 0.25) is 0 Å². The third-order valence-corrected chi connectivity index (χ3v) is 9.05. The van der Waals surface area contributed by atoms with Gasteiger partial charge in [-0.3, -0.25) is 0 Å². The van der Waals surface area contributed by atoms with Crippen LogP contribution in [0.5, 0.6) is 5.75 Å². The first kappa shape index (κ1) is 23.7. The molecule has 0 unspecified atom stereocenters. The Morgan fingerprint density at radius 3 is 2.57 bits per heavy atom. The van der Waals surface area contributed by atoms with Gasteiger partial charge in [0.1, 0.15) is 0 Å². The predicted molar refractivity (Wildman–Crippen MR) is 102 cm³/mol. The van der Waals surface area contributed by atoms with Gasteiger partial charge in [0.25, 0.3) is 0 Å². The number of ether oxygens (including phenoxy) is 2. The third-order valence-electron chi connectivity index (χ3n) is 4.33. The summed E-state index contributed by atoms with van der Waals surface area (Å²) in [6.07, 6.45) is -0.788. The fourth-order valence-electron chi connectivity index (χ4n) is 2.70. The van der Waals surface area contributed by atoms with Crippen molar-refractivity contribution in [2.24, 2.45) is 0 Å². The standard InChI is InChI=1S/C19H29FNO5P.W/c1-13(2)24-18(22)14(3)21-27(26-16-9-7-6-8-10-16)23-12-17-11-19(5,20)15(4)25-17;/h6-10,13-15,17,21H,11-12H2,1-5H3;/t14-,15+,17+,19-,27-;/m1./s1. The van der Waals surface area contributed by atoms with Crippen LogP contribution in [0.15, 0.2) is 30.3 Å². The molecule has 0 bridgehead atoms. The molecule has 2 rings (SSSR count). The SMILES string of the molecule is CC(C)OC(=O)[C@@H](C)N[P@](=[W])(OC[C@@H]1C[C@@](C)(F)[C@H](C)O1)Oc1ccccc1. The number of alkyl halides is 1. The molecule has 1 aliphatic rings. The van der Waals surface area contributed by atoms with Gasteiger partial charge in [-0.2, -0.15) is 0 Å². The third kappa shape index (κ3) is 7.03. The van der Waals surface area contributed by atoms with Crippen molar-refractivity contribution in [3.05, 3.63) is 30.3 Å². The Balaban J connectivity index is 2.07. The van der Waals surface area contributed by atoms with E-state index in [9.17, 15) is 9.18 Å². The zero-order valence-corrected chi connectivity index (χ0v) is 20.7. The second-order valence-corrected chi connectivity index (χ2v) is 14.3. The van der Waals surface area contributed by atoms with Crippen LogP contribution < -0.4 is 9.61 Å². The first-order chi connectivity index (χ1) is 13.0. The summed E-state index contributed by atoms with van der Waals surface area (Å²) in [6, 6.07) is 8.66. The number of carbonyl (C=O) groups is 1. The predicted octanol–water partition coefficient (Wildman–Crippen LogP) is 4.14. The monoisotopic (exact) mass is 585 g/mol. The van der Waals surface area contributed by atoms with Gasteiger partial charge in [-0.15, -0.1) is 0 Å². The van der Waals surface area contributed by atoms with Crippen LogP contribution >= 0.6 is 5.50 Å². The van der Waals surface area contributed by atoms with E-state index in [2.05, 4.69) is 5.09 Å². The quantitative estimate of drug-likeness (QED) is 0.348. The first-order valence-corrected chi connectivity index (χ1v) is 14.8. The van der Waals surface area contributed by atoms with Crippen LogP contribution in [0, 0.1) is 0 Å². The molecule has 158 valence electrons. The van der Waals surface area contributed by atoms with E-state index in [0.29, 0.717) is 5.75 Å². The molecule has 1 aromatic rings. The van der Waals surface area contributed by atoms with E-state index < -0.39 is 23.3 Å². The van der Waals surface area contributed by atoms with Crippen molar-refractivity contribution in [3.63, 3.8) is 0 Å². The van der Waals surface area contributed by atoms with E-state index in [1.807, 2.05) is 30.3 Å². The van der Waals surface area contributed by atoms with Crippen molar-refractivity contribution < 1.29 is 46.5 Å². The van der Waals surface area contributed by atoms with Crippen molar-refractivity contribution >= 4 is 11.5 Å². The van der Waals surface area contributed by atoms with Gasteiger partial charge in [0.15, 0.2) is 0 Å². The average molecular weight is 585 g/mol. The summed E-state index contributed by atoms with van der Waals surface area (Å²) in [5, 5.41) is 3.18. The summed E-state index contributed by atoms with van der Waals surface area (Å²) in [5.41, 5.74) is -4.01. The minimum absolute atomic E-state index is 0.187. The zero-order valence-electron chi connectivity index (χ0n) is 16.9. The molecule has 0 saturated carbocycles. The summed E-state index contributed by atoms with van der Waals surface area (Å²) < 4.78 is 37.6. The maximum absolute atomic E-state index is 14.4. The normalized spacial score (nSPS) is 28.0. The number of nitrogens with one attached hydrogen (secondary N) is 1. The van der Waals surface area contributed by atoms with Crippen LogP contribution in [0.2, 0.25) is 0 Å². The topological polar surface area (TPSA) is 66.0 Å². The molecule has 1 N–H and O–H groups in total. The summed E-state index contributed by atoms with van der Waals surface area (Å²) in [6.45, 7) is 8.77. The Bertz CT molecular complexity index is 703. The van der Waals surface area contributed by atoms with Gasteiger partial charge in [-0.1, -0.05) is 0 Å². The van der Waals surface area contributed by atoms with Crippen molar-refractivity contribution in [3.8, 4) is 5.75 Å². The Morgan fingerprint density at radius 1 is 1.39 bits per heavy atom. The number of hydrogen-bond donors (Lipinski definition) is 1. The minimum atomic E-state index is -2.63. The van der Waals surface area contributed by atoms with E-state index in [0.717, 1.165) is 18.8 Å². The van der Waals surface area contributed by atoms with Gasteiger partial charge in [-0.05, 0) is 0 Å². The molecule has 0 aliphatic carbocycles. The Hall–Kier alpha value is -0.582. The number of rotatable bonds is 9. The maximum atomic E-state index is 14.4. The van der Waals surface area contributed by atoms with Crippen LogP contribution in [-0.2, 0) is 37.6 Å². The molecule has 9 heteroatoms. The van der Waals surface area contributed by atoms with Gasteiger partial charge in [0, 0.05) is 0 Å². The van der Waals surface area contributed by atoms with Crippen molar-refractivity contribution in [1.82, 2.24) is 5.09 Å². The Kier molecular flexibility index (Phi) is 8.42. The molecular weight excluding hydrogens is 556 g/mol. The number of halogens is 1. The molecule has 28 heavy (non-hydrogen) atoms. The van der Waals surface area contributed by atoms with Crippen molar-refractivity contribution in [1.29, 1.82) is 0 Å². The van der Waals surface area contributed by atoms with Gasteiger partial charge in [-0.25, -0.2) is 0 Å². The molecule has 5 atom stereocenters. The van der Waals surface area contributed by atoms with Crippen LogP contribution in [0.25, 0.3) is 0 Å².